The van der Waals surface area contributed by atoms with E-state index < -0.39 is 0 Å². The predicted molar refractivity (Wildman–Crippen MR) is 69.9 cm³/mol. The SMILES string of the molecule is C[C@@H]1CN(C(=N)c2ccc(Cl)cc2)C[C@@H](C)O1. The molecular weight excluding hydrogens is 236 g/mol. The largest absolute Gasteiger partial charge is 0.372 e. The van der Waals surface area contributed by atoms with Gasteiger partial charge in [0.05, 0.1) is 12.2 Å². The van der Waals surface area contributed by atoms with Crippen molar-refractivity contribution in [3.05, 3.63) is 34.9 Å². The van der Waals surface area contributed by atoms with E-state index in [2.05, 4.69) is 4.90 Å². The first kappa shape index (κ1) is 12.4. The molecule has 0 radical (unpaired) electrons. The Balaban J connectivity index is 2.11. The fraction of sp³-hybridized carbons (Fsp3) is 0.462. The summed E-state index contributed by atoms with van der Waals surface area (Å²) in [4.78, 5) is 2.06. The number of benzene rings is 1. The van der Waals surface area contributed by atoms with E-state index in [1.807, 2.05) is 38.1 Å². The summed E-state index contributed by atoms with van der Waals surface area (Å²) in [5.74, 6) is 0.545. The minimum absolute atomic E-state index is 0.173. The van der Waals surface area contributed by atoms with E-state index in [1.54, 1.807) is 0 Å². The average molecular weight is 253 g/mol. The van der Waals surface area contributed by atoms with Crippen molar-refractivity contribution in [2.45, 2.75) is 26.1 Å². The lowest BCUT2D eigenvalue weighted by Crippen LogP contribution is -2.48. The molecule has 0 aliphatic carbocycles. The standard InChI is InChI=1S/C13H17ClN2O/c1-9-7-16(8-10(2)17-9)13(15)11-3-5-12(14)6-4-11/h3-6,9-10,15H,7-8H2,1-2H3/t9-,10-/m1/s1. The second kappa shape index (κ2) is 5.07. The van der Waals surface area contributed by atoms with Gasteiger partial charge in [-0.05, 0) is 38.1 Å². The topological polar surface area (TPSA) is 36.3 Å². The molecule has 2 rings (SSSR count). The molecule has 0 unspecified atom stereocenters. The Hall–Kier alpha value is -1.06. The van der Waals surface area contributed by atoms with Crippen molar-refractivity contribution in [3.63, 3.8) is 0 Å². The summed E-state index contributed by atoms with van der Waals surface area (Å²) >= 11 is 5.84. The van der Waals surface area contributed by atoms with Crippen molar-refractivity contribution >= 4 is 17.4 Å². The Morgan fingerprint density at radius 3 is 2.29 bits per heavy atom. The van der Waals surface area contributed by atoms with Crippen LogP contribution in [0.3, 0.4) is 0 Å². The van der Waals surface area contributed by atoms with Gasteiger partial charge in [-0.2, -0.15) is 0 Å². The highest BCUT2D eigenvalue weighted by Crippen LogP contribution is 2.16. The summed E-state index contributed by atoms with van der Waals surface area (Å²) in [6.45, 7) is 5.62. The Morgan fingerprint density at radius 2 is 1.76 bits per heavy atom. The highest BCUT2D eigenvalue weighted by Gasteiger charge is 2.24. The molecule has 1 N–H and O–H groups in total. The van der Waals surface area contributed by atoms with E-state index >= 15 is 0 Å². The molecule has 92 valence electrons. The third-order valence-electron chi connectivity index (χ3n) is 2.85. The van der Waals surface area contributed by atoms with Crippen LogP contribution in [0.1, 0.15) is 19.4 Å². The normalized spacial score (nSPS) is 24.8. The molecule has 0 saturated carbocycles. The molecule has 1 fully saturated rings. The molecule has 1 heterocycles. The Labute approximate surface area is 107 Å². The lowest BCUT2D eigenvalue weighted by Gasteiger charge is -2.36. The second-order valence-electron chi connectivity index (χ2n) is 4.52. The number of nitrogens with one attached hydrogen (secondary N) is 1. The van der Waals surface area contributed by atoms with Crippen molar-refractivity contribution in [1.29, 1.82) is 5.41 Å². The van der Waals surface area contributed by atoms with Crippen LogP contribution >= 0.6 is 11.6 Å². The molecule has 1 aliphatic heterocycles. The quantitative estimate of drug-likeness (QED) is 0.616. The molecule has 0 amide bonds. The van der Waals surface area contributed by atoms with Crippen LogP contribution in [0.25, 0.3) is 0 Å². The molecular formula is C13H17ClN2O. The third-order valence-corrected chi connectivity index (χ3v) is 3.11. The van der Waals surface area contributed by atoms with Crippen LogP contribution in [-0.2, 0) is 4.74 Å². The predicted octanol–water partition coefficient (Wildman–Crippen LogP) is 2.77. The summed E-state index contributed by atoms with van der Waals surface area (Å²) in [5.41, 5.74) is 0.899. The van der Waals surface area contributed by atoms with Gasteiger partial charge >= 0.3 is 0 Å². The summed E-state index contributed by atoms with van der Waals surface area (Å²) in [7, 11) is 0. The summed E-state index contributed by atoms with van der Waals surface area (Å²) in [6, 6.07) is 7.41. The lowest BCUT2D eigenvalue weighted by molar-refractivity contribution is -0.0480. The zero-order chi connectivity index (χ0) is 12.4. The van der Waals surface area contributed by atoms with Crippen molar-refractivity contribution < 1.29 is 4.74 Å². The van der Waals surface area contributed by atoms with Crippen molar-refractivity contribution in [3.8, 4) is 0 Å². The molecule has 4 heteroatoms. The van der Waals surface area contributed by atoms with Gasteiger partial charge in [-0.15, -0.1) is 0 Å². The van der Waals surface area contributed by atoms with E-state index in [1.165, 1.54) is 0 Å². The highest BCUT2D eigenvalue weighted by molar-refractivity contribution is 6.30. The second-order valence-corrected chi connectivity index (χ2v) is 4.95. The number of ether oxygens (including phenoxy) is 1. The molecule has 17 heavy (non-hydrogen) atoms. The number of hydrogen-bond acceptors (Lipinski definition) is 2. The van der Waals surface area contributed by atoms with Crippen LogP contribution in [0.5, 0.6) is 0 Å². The minimum atomic E-state index is 0.173. The van der Waals surface area contributed by atoms with Crippen LogP contribution < -0.4 is 0 Å². The first-order valence-electron chi connectivity index (χ1n) is 5.81. The highest BCUT2D eigenvalue weighted by atomic mass is 35.5. The summed E-state index contributed by atoms with van der Waals surface area (Å²) in [6.07, 6.45) is 0.345. The summed E-state index contributed by atoms with van der Waals surface area (Å²) in [5, 5.41) is 8.90. The molecule has 0 bridgehead atoms. The fourth-order valence-electron chi connectivity index (χ4n) is 2.15. The minimum Gasteiger partial charge on any atom is -0.372 e. The maximum atomic E-state index is 8.20. The molecule has 1 aromatic carbocycles. The Morgan fingerprint density at radius 1 is 1.24 bits per heavy atom. The first-order chi connectivity index (χ1) is 8.06. The van der Waals surface area contributed by atoms with Crippen molar-refractivity contribution in [1.82, 2.24) is 4.90 Å². The molecule has 2 atom stereocenters. The molecule has 1 aliphatic rings. The van der Waals surface area contributed by atoms with E-state index in [-0.39, 0.29) is 12.2 Å². The lowest BCUT2D eigenvalue weighted by atomic mass is 10.1. The number of amidine groups is 1. The maximum absolute atomic E-state index is 8.20. The van der Waals surface area contributed by atoms with Gasteiger partial charge in [0.25, 0.3) is 0 Å². The average Bonchev–Trinajstić information content (AvgIpc) is 2.28. The molecule has 1 aromatic rings. The molecule has 0 aromatic heterocycles. The van der Waals surface area contributed by atoms with Gasteiger partial charge < -0.3 is 9.64 Å². The monoisotopic (exact) mass is 252 g/mol. The zero-order valence-corrected chi connectivity index (χ0v) is 10.9. The van der Waals surface area contributed by atoms with Crippen molar-refractivity contribution in [2.24, 2.45) is 0 Å². The third kappa shape index (κ3) is 2.99. The maximum Gasteiger partial charge on any atom is 0.128 e. The van der Waals surface area contributed by atoms with Crippen LogP contribution in [0.15, 0.2) is 24.3 Å². The van der Waals surface area contributed by atoms with Crippen LogP contribution in [0.2, 0.25) is 5.02 Å². The Bertz CT molecular complexity index is 394. The number of hydrogen-bond donors (Lipinski definition) is 1. The number of rotatable bonds is 1. The van der Waals surface area contributed by atoms with Gasteiger partial charge in [0.1, 0.15) is 5.84 Å². The fourth-order valence-corrected chi connectivity index (χ4v) is 2.28. The zero-order valence-electron chi connectivity index (χ0n) is 10.1. The van der Waals surface area contributed by atoms with E-state index in [9.17, 15) is 0 Å². The van der Waals surface area contributed by atoms with E-state index in [0.29, 0.717) is 10.9 Å². The Kier molecular flexibility index (Phi) is 3.69. The van der Waals surface area contributed by atoms with Gasteiger partial charge in [0.15, 0.2) is 0 Å². The van der Waals surface area contributed by atoms with Gasteiger partial charge in [-0.25, -0.2) is 0 Å². The number of halogens is 1. The molecule has 3 nitrogen and oxygen atoms in total. The molecule has 1 saturated heterocycles. The molecule has 0 spiro atoms. The van der Waals surface area contributed by atoms with Gasteiger partial charge in [-0.3, -0.25) is 5.41 Å². The van der Waals surface area contributed by atoms with Gasteiger partial charge in [0, 0.05) is 23.7 Å². The number of morpholine rings is 1. The van der Waals surface area contributed by atoms with Crippen LogP contribution in [-0.4, -0.2) is 36.0 Å². The smallest absolute Gasteiger partial charge is 0.128 e. The van der Waals surface area contributed by atoms with Crippen LogP contribution in [0.4, 0.5) is 0 Å². The van der Waals surface area contributed by atoms with Gasteiger partial charge in [-0.1, -0.05) is 11.6 Å². The van der Waals surface area contributed by atoms with Crippen LogP contribution in [0, 0.1) is 5.41 Å². The van der Waals surface area contributed by atoms with Gasteiger partial charge in [0.2, 0.25) is 0 Å². The number of nitrogens with zero attached hydrogens (tertiary/aromatic N) is 1. The summed E-state index contributed by atoms with van der Waals surface area (Å²) < 4.78 is 5.66. The van der Waals surface area contributed by atoms with E-state index in [0.717, 1.165) is 18.7 Å². The first-order valence-corrected chi connectivity index (χ1v) is 6.19. The van der Waals surface area contributed by atoms with E-state index in [4.69, 9.17) is 21.7 Å². The van der Waals surface area contributed by atoms with Crippen molar-refractivity contribution in [2.75, 3.05) is 13.1 Å².